The van der Waals surface area contributed by atoms with E-state index in [1.165, 1.54) is 77.9 Å². The molecule has 2 aliphatic heterocycles. The van der Waals surface area contributed by atoms with Crippen LogP contribution in [0.15, 0.2) is 389 Å². The van der Waals surface area contributed by atoms with Crippen molar-refractivity contribution in [2.75, 3.05) is 19.6 Å². The van der Waals surface area contributed by atoms with Crippen LogP contribution in [0, 0.1) is 37.6 Å². The quantitative estimate of drug-likeness (QED) is 0.0555. The monoisotopic (exact) mass is 2280 g/mol. The summed E-state index contributed by atoms with van der Waals surface area (Å²) in [5, 5.41) is 4.48. The van der Waals surface area contributed by atoms with Crippen molar-refractivity contribution in [1.29, 1.82) is 0 Å². The van der Waals surface area contributed by atoms with Crippen molar-refractivity contribution in [1.82, 2.24) is 19.1 Å². The Hall–Kier alpha value is -14.1. The van der Waals surface area contributed by atoms with Gasteiger partial charge in [0.15, 0.2) is 0 Å². The van der Waals surface area contributed by atoms with Gasteiger partial charge in [-0.3, -0.25) is 0 Å². The van der Waals surface area contributed by atoms with Crippen LogP contribution >= 0.6 is 0 Å². The molecule has 15 aromatic carbocycles. The Kier molecular flexibility index (Phi) is 28.9. The summed E-state index contributed by atoms with van der Waals surface area (Å²) in [6.07, 6.45) is 12.3. The molecule has 2 aliphatic rings. The van der Waals surface area contributed by atoms with Gasteiger partial charge in [-0.1, -0.05) is 404 Å². The van der Waals surface area contributed by atoms with E-state index in [4.69, 9.17) is 19.4 Å². The molecule has 0 saturated heterocycles. The minimum atomic E-state index is -0.423. The molecule has 21 rings (SSSR count). The molecule has 0 spiro atoms. The zero-order chi connectivity index (χ0) is 101. The van der Waals surface area contributed by atoms with Gasteiger partial charge in [-0.15, -0.1) is 107 Å². The normalized spacial score (nSPS) is 13.2. The second kappa shape index (κ2) is 41.3. The summed E-state index contributed by atoms with van der Waals surface area (Å²) in [4.78, 5) is 18.8. The fourth-order valence-corrected chi connectivity index (χ4v) is 20.8. The van der Waals surface area contributed by atoms with Crippen LogP contribution in [0.4, 0.5) is 22.7 Å². The zero-order valence-corrected chi connectivity index (χ0v) is 92.3. The van der Waals surface area contributed by atoms with Crippen molar-refractivity contribution in [2.24, 2.45) is 0 Å². The van der Waals surface area contributed by atoms with Crippen LogP contribution in [-0.4, -0.2) is 19.1 Å². The number of nitrogens with zero attached hydrogens (tertiary/aromatic N) is 8. The molecule has 0 unspecified atom stereocenters. The minimum Gasteiger partial charge on any atom is -0.509 e. The number of fused-ring (bicyclic) bond motifs is 6. The third-order valence-electron chi connectivity index (χ3n) is 30.1. The van der Waals surface area contributed by atoms with E-state index in [0.717, 1.165) is 100 Å². The molecule has 6 heterocycles. The molecule has 0 saturated carbocycles. The molecule has 0 radical (unpaired) electrons. The molecule has 0 aliphatic carbocycles. The standard InChI is InChI=1S/C69H63N4O.C66H65N4O.2Pt/c1-66(2,3)53-34-35-70-65(44-53)73-63-43-54(67(4,5)50-24-16-11-17-25-50)30-32-61(63)62-33-31-59(46-64(62)73)74-60-39-49(48-22-14-10-15-23-48)38-57(45-60)71-36-37-72(47-71)58-41-55(68(6,7)51-26-18-12-19-27-51)40-56(42-58)69(8,9)52-28-20-13-21-29-52;1-44(2)55-29-21-30-56(45(3)4)62(55)46-36-52(69-35-34-68(43-69)51-27-20-26-50(38-51)65(8,9)47-22-14-12-15-23-47)40-53(37-46)71-54-41-58(66(10,11)48-24-16-13-17-25-48)63-57-28-18-19-31-59(57)70(60(63)42-54)61-39-49(32-33-67-61)64(5,6)7;;/h10-44,47H,1-9H3;12-39,41,43-45H,1-11H3;;/q2*-3;;. The molecular formula is C135H128N8O2Pt2-6. The van der Waals surface area contributed by atoms with E-state index in [0.29, 0.717) is 34.8 Å². The average Bonchev–Trinajstić information content (AvgIpc) is 1.57. The predicted octanol–water partition coefficient (Wildman–Crippen LogP) is 34.8. The van der Waals surface area contributed by atoms with Crippen LogP contribution in [-0.2, 0) is 80.0 Å². The summed E-state index contributed by atoms with van der Waals surface area (Å²) in [5.74, 6) is 4.66. The molecule has 0 amide bonds. The SMILES string of the molecule is CC(C)(C)c1ccnc(-n2c3[c-]c(Oc4[c-]c(N5C=CN(c6cc(C(C)(C)c7ccccc7)cc(C(C)(C)c7ccccc7)c6)[CH-]5)cc(-c5ccccc5)c4)ccc3c3ccc(C(C)(C)c4ccccc4)cc32)c1.CC(C)c1cccc(C(C)C)c1-c1cc(Oc2[c-]c3c(c(C(C)(C)c4ccccc4)c2)c2ccccc2n3-c2cc(C(C)(C)C)ccn2)[c-]c(N2C=CN(c3cccc(C(C)(C)c4ccccc4)c3)[CH-]2)c1.[Pt].[Pt]. The Morgan fingerprint density at radius 1 is 0.272 bits per heavy atom. The topological polar surface area (TPSA) is 67.1 Å². The Labute approximate surface area is 899 Å². The van der Waals surface area contributed by atoms with Gasteiger partial charge in [-0.05, 0) is 208 Å². The summed E-state index contributed by atoms with van der Waals surface area (Å²) in [7, 11) is 0. The van der Waals surface area contributed by atoms with E-state index in [2.05, 4.69) is 569 Å². The van der Waals surface area contributed by atoms with Gasteiger partial charge in [0.1, 0.15) is 11.6 Å². The second-order valence-electron chi connectivity index (χ2n) is 44.2. The number of benzene rings is 15. The van der Waals surface area contributed by atoms with E-state index in [9.17, 15) is 0 Å². The van der Waals surface area contributed by atoms with Crippen molar-refractivity contribution in [3.63, 3.8) is 0 Å². The van der Waals surface area contributed by atoms with Crippen LogP contribution < -0.4 is 29.1 Å². The third kappa shape index (κ3) is 20.6. The van der Waals surface area contributed by atoms with Crippen LogP contribution in [0.2, 0.25) is 0 Å². The molecule has 746 valence electrons. The number of para-hydroxylation sites is 1. The molecule has 0 atom stereocenters. The largest absolute Gasteiger partial charge is 0.509 e. The van der Waals surface area contributed by atoms with E-state index in [1.807, 2.05) is 24.5 Å². The van der Waals surface area contributed by atoms with Crippen LogP contribution in [0.25, 0.3) is 77.5 Å². The first kappa shape index (κ1) is 103. The predicted molar refractivity (Wildman–Crippen MR) is 605 cm³/mol. The first-order valence-electron chi connectivity index (χ1n) is 50.9. The first-order valence-corrected chi connectivity index (χ1v) is 50.9. The van der Waals surface area contributed by atoms with Gasteiger partial charge in [0.2, 0.25) is 0 Å². The summed E-state index contributed by atoms with van der Waals surface area (Å²) in [6.45, 7) is 50.0. The molecule has 147 heavy (non-hydrogen) atoms. The number of ether oxygens (including phenoxy) is 2. The summed E-state index contributed by atoms with van der Waals surface area (Å²) < 4.78 is 18.7. The fourth-order valence-electron chi connectivity index (χ4n) is 20.8. The molecule has 0 bridgehead atoms. The number of anilines is 4. The molecule has 4 aromatic heterocycles. The Morgan fingerprint density at radius 3 is 1.17 bits per heavy atom. The van der Waals surface area contributed by atoms with Crippen molar-refractivity contribution < 1.29 is 51.6 Å². The van der Waals surface area contributed by atoms with E-state index in [1.54, 1.807) is 0 Å². The van der Waals surface area contributed by atoms with E-state index < -0.39 is 5.41 Å². The van der Waals surface area contributed by atoms with Crippen molar-refractivity contribution >= 4 is 66.4 Å². The van der Waals surface area contributed by atoms with Crippen molar-refractivity contribution in [2.45, 2.75) is 188 Å². The van der Waals surface area contributed by atoms with Gasteiger partial charge >= 0.3 is 0 Å². The summed E-state index contributed by atoms with van der Waals surface area (Å²) in [6, 6.07) is 141. The second-order valence-corrected chi connectivity index (χ2v) is 44.2. The molecule has 19 aromatic rings. The minimum absolute atomic E-state index is 0. The van der Waals surface area contributed by atoms with E-state index >= 15 is 0 Å². The fraction of sp³-hybridized carbons (Fsp3) is 0.215. The number of rotatable bonds is 24. The average molecular weight is 2280 g/mol. The maximum Gasteiger partial charge on any atom is 0.135 e. The number of hydrogen-bond donors (Lipinski definition) is 0. The van der Waals surface area contributed by atoms with Crippen molar-refractivity contribution in [3.05, 3.63) is 505 Å². The van der Waals surface area contributed by atoms with Crippen LogP contribution in [0.5, 0.6) is 23.0 Å². The van der Waals surface area contributed by atoms with Gasteiger partial charge in [0, 0.05) is 122 Å². The Bertz CT molecular complexity index is 7970. The molecule has 0 fully saturated rings. The molecule has 12 heteroatoms. The van der Waals surface area contributed by atoms with E-state index in [-0.39, 0.29) is 74.6 Å². The van der Waals surface area contributed by atoms with Gasteiger partial charge < -0.3 is 38.2 Å². The van der Waals surface area contributed by atoms with Gasteiger partial charge in [0.05, 0.1) is 0 Å². The Balaban J connectivity index is 0.000000190. The van der Waals surface area contributed by atoms with Gasteiger partial charge in [-0.2, -0.15) is 6.07 Å². The molecule has 0 N–H and O–H groups in total. The maximum absolute atomic E-state index is 7.27. The zero-order valence-electron chi connectivity index (χ0n) is 87.8. The smallest absolute Gasteiger partial charge is 0.135 e. The maximum atomic E-state index is 7.27. The third-order valence-corrected chi connectivity index (χ3v) is 30.1. The Morgan fingerprint density at radius 2 is 0.667 bits per heavy atom. The molecular weight excluding hydrogens is 2160 g/mol. The number of aromatic nitrogens is 4. The summed E-state index contributed by atoms with van der Waals surface area (Å²) in [5.41, 5.74) is 28.1. The van der Waals surface area contributed by atoms with Gasteiger partial charge in [-0.25, -0.2) is 9.97 Å². The van der Waals surface area contributed by atoms with Crippen LogP contribution in [0.3, 0.4) is 0 Å². The first-order chi connectivity index (χ1) is 69.5. The van der Waals surface area contributed by atoms with Crippen LogP contribution in [0.1, 0.15) is 228 Å². The van der Waals surface area contributed by atoms with Gasteiger partial charge in [0.25, 0.3) is 0 Å². The summed E-state index contributed by atoms with van der Waals surface area (Å²) >= 11 is 0. The number of pyridine rings is 2. The molecule has 10 nitrogen and oxygen atoms in total. The van der Waals surface area contributed by atoms with Crippen molar-refractivity contribution in [3.8, 4) is 56.9 Å². The number of hydrogen-bond acceptors (Lipinski definition) is 8.